The molecule has 1 aliphatic rings. The summed E-state index contributed by atoms with van der Waals surface area (Å²) in [5.41, 5.74) is 6.62. The van der Waals surface area contributed by atoms with Crippen LogP contribution in [0.3, 0.4) is 0 Å². The highest BCUT2D eigenvalue weighted by molar-refractivity contribution is 5.28. The van der Waals surface area contributed by atoms with Crippen molar-refractivity contribution in [2.75, 3.05) is 13.2 Å². The van der Waals surface area contributed by atoms with Gasteiger partial charge in [-0.1, -0.05) is 0 Å². The van der Waals surface area contributed by atoms with Gasteiger partial charge in [-0.05, 0) is 43.4 Å². The van der Waals surface area contributed by atoms with E-state index >= 15 is 0 Å². The number of ether oxygens (including phenoxy) is 1. The first kappa shape index (κ1) is 12.5. The maximum absolute atomic E-state index is 13.8. The van der Waals surface area contributed by atoms with Gasteiger partial charge in [-0.3, -0.25) is 0 Å². The second-order valence-corrected chi connectivity index (χ2v) is 4.60. The molecule has 1 heterocycles. The van der Waals surface area contributed by atoms with E-state index in [2.05, 4.69) is 0 Å². The molecule has 1 aliphatic heterocycles. The van der Waals surface area contributed by atoms with Crippen LogP contribution in [0.15, 0.2) is 12.1 Å². The van der Waals surface area contributed by atoms with E-state index in [0.717, 1.165) is 12.8 Å². The van der Waals surface area contributed by atoms with Crippen molar-refractivity contribution >= 4 is 0 Å². The Morgan fingerprint density at radius 3 is 2.53 bits per heavy atom. The molecule has 0 spiro atoms. The molecule has 0 amide bonds. The SMILES string of the molecule is Cc1cc(F)c(C(N)C2CCOCC2)cc1F. The van der Waals surface area contributed by atoms with Gasteiger partial charge in [-0.25, -0.2) is 8.78 Å². The summed E-state index contributed by atoms with van der Waals surface area (Å²) >= 11 is 0. The first-order chi connectivity index (χ1) is 8.09. The highest BCUT2D eigenvalue weighted by atomic mass is 19.1. The molecular formula is C13H17F2NO. The van der Waals surface area contributed by atoms with Crippen molar-refractivity contribution in [3.63, 3.8) is 0 Å². The van der Waals surface area contributed by atoms with Crippen LogP contribution in [-0.4, -0.2) is 13.2 Å². The molecule has 1 atom stereocenters. The molecule has 0 aliphatic carbocycles. The van der Waals surface area contributed by atoms with Crippen LogP contribution in [0.2, 0.25) is 0 Å². The van der Waals surface area contributed by atoms with E-state index in [1.807, 2.05) is 0 Å². The summed E-state index contributed by atoms with van der Waals surface area (Å²) in [7, 11) is 0. The average molecular weight is 241 g/mol. The zero-order chi connectivity index (χ0) is 12.4. The number of aryl methyl sites for hydroxylation is 1. The lowest BCUT2D eigenvalue weighted by Gasteiger charge is -2.28. The van der Waals surface area contributed by atoms with E-state index in [1.165, 1.54) is 12.1 Å². The van der Waals surface area contributed by atoms with Crippen LogP contribution in [-0.2, 0) is 4.74 Å². The number of hydrogen-bond acceptors (Lipinski definition) is 2. The first-order valence-electron chi connectivity index (χ1n) is 5.88. The first-order valence-corrected chi connectivity index (χ1v) is 5.88. The minimum Gasteiger partial charge on any atom is -0.381 e. The molecule has 2 rings (SSSR count). The second-order valence-electron chi connectivity index (χ2n) is 4.60. The zero-order valence-corrected chi connectivity index (χ0v) is 9.88. The second kappa shape index (κ2) is 5.10. The number of halogens is 2. The Hall–Kier alpha value is -1.00. The van der Waals surface area contributed by atoms with Gasteiger partial charge in [0.1, 0.15) is 11.6 Å². The van der Waals surface area contributed by atoms with Crippen LogP contribution in [0, 0.1) is 24.5 Å². The van der Waals surface area contributed by atoms with Crippen LogP contribution in [0.25, 0.3) is 0 Å². The van der Waals surface area contributed by atoms with E-state index < -0.39 is 17.7 Å². The maximum Gasteiger partial charge on any atom is 0.128 e. The Bertz CT molecular complexity index is 403. The summed E-state index contributed by atoms with van der Waals surface area (Å²) in [6.07, 6.45) is 1.60. The number of benzene rings is 1. The molecule has 1 aromatic carbocycles. The molecule has 0 bridgehead atoms. The Balaban J connectivity index is 2.23. The van der Waals surface area contributed by atoms with Crippen LogP contribution in [0.1, 0.15) is 30.0 Å². The van der Waals surface area contributed by atoms with Gasteiger partial charge in [0.2, 0.25) is 0 Å². The average Bonchev–Trinajstić information content (AvgIpc) is 2.34. The smallest absolute Gasteiger partial charge is 0.128 e. The van der Waals surface area contributed by atoms with Gasteiger partial charge in [0.05, 0.1) is 0 Å². The van der Waals surface area contributed by atoms with E-state index in [4.69, 9.17) is 10.5 Å². The van der Waals surface area contributed by atoms with Gasteiger partial charge in [-0.15, -0.1) is 0 Å². The Kier molecular flexibility index (Phi) is 3.74. The van der Waals surface area contributed by atoms with Crippen molar-refractivity contribution in [1.82, 2.24) is 0 Å². The van der Waals surface area contributed by atoms with Gasteiger partial charge in [0.15, 0.2) is 0 Å². The molecule has 2 nitrogen and oxygen atoms in total. The standard InChI is InChI=1S/C13H17F2NO/c1-8-6-12(15)10(7-11(8)14)13(16)9-2-4-17-5-3-9/h6-7,9,13H,2-5,16H2,1H3. The summed E-state index contributed by atoms with van der Waals surface area (Å²) in [5.74, 6) is -0.646. The molecule has 1 saturated heterocycles. The molecular weight excluding hydrogens is 224 g/mol. The fraction of sp³-hybridized carbons (Fsp3) is 0.538. The molecule has 0 aromatic heterocycles. The maximum atomic E-state index is 13.8. The monoisotopic (exact) mass is 241 g/mol. The third-order valence-electron chi connectivity index (χ3n) is 3.41. The van der Waals surface area contributed by atoms with Crippen molar-refractivity contribution in [3.05, 3.63) is 34.9 Å². The molecule has 1 fully saturated rings. The molecule has 0 radical (unpaired) electrons. The van der Waals surface area contributed by atoms with Gasteiger partial charge < -0.3 is 10.5 Å². The summed E-state index contributed by atoms with van der Waals surface area (Å²) < 4.78 is 32.4. The van der Waals surface area contributed by atoms with Crippen molar-refractivity contribution in [3.8, 4) is 0 Å². The Labute approximate surface area is 99.8 Å². The van der Waals surface area contributed by atoms with Crippen LogP contribution >= 0.6 is 0 Å². The Morgan fingerprint density at radius 2 is 1.88 bits per heavy atom. The lowest BCUT2D eigenvalue weighted by atomic mass is 9.87. The molecule has 2 N–H and O–H groups in total. The van der Waals surface area contributed by atoms with Crippen molar-refractivity contribution in [1.29, 1.82) is 0 Å². The van der Waals surface area contributed by atoms with E-state index in [9.17, 15) is 8.78 Å². The zero-order valence-electron chi connectivity index (χ0n) is 9.88. The minimum atomic E-state index is -0.450. The predicted octanol–water partition coefficient (Wildman–Crippen LogP) is 2.70. The molecule has 0 saturated carbocycles. The normalized spacial score (nSPS) is 19.3. The largest absolute Gasteiger partial charge is 0.381 e. The number of rotatable bonds is 2. The minimum absolute atomic E-state index is 0.167. The lowest BCUT2D eigenvalue weighted by molar-refractivity contribution is 0.0579. The van der Waals surface area contributed by atoms with Gasteiger partial charge in [0, 0.05) is 24.8 Å². The number of hydrogen-bond donors (Lipinski definition) is 1. The van der Waals surface area contributed by atoms with Gasteiger partial charge in [0.25, 0.3) is 0 Å². The molecule has 17 heavy (non-hydrogen) atoms. The quantitative estimate of drug-likeness (QED) is 0.864. The molecule has 1 aromatic rings. The highest BCUT2D eigenvalue weighted by Crippen LogP contribution is 2.30. The van der Waals surface area contributed by atoms with Crippen LogP contribution in [0.5, 0.6) is 0 Å². The van der Waals surface area contributed by atoms with E-state index in [-0.39, 0.29) is 11.5 Å². The van der Waals surface area contributed by atoms with Crippen molar-refractivity contribution in [2.24, 2.45) is 11.7 Å². The molecule has 4 heteroatoms. The Morgan fingerprint density at radius 1 is 1.24 bits per heavy atom. The van der Waals surface area contributed by atoms with Crippen molar-refractivity contribution in [2.45, 2.75) is 25.8 Å². The summed E-state index contributed by atoms with van der Waals surface area (Å²) in [5, 5.41) is 0. The topological polar surface area (TPSA) is 35.2 Å². The number of nitrogens with two attached hydrogens (primary N) is 1. The fourth-order valence-electron chi connectivity index (χ4n) is 2.25. The highest BCUT2D eigenvalue weighted by Gasteiger charge is 2.25. The summed E-state index contributed by atoms with van der Waals surface area (Å²) in [4.78, 5) is 0. The third kappa shape index (κ3) is 2.64. The van der Waals surface area contributed by atoms with Crippen LogP contribution < -0.4 is 5.73 Å². The van der Waals surface area contributed by atoms with Gasteiger partial charge in [-0.2, -0.15) is 0 Å². The van der Waals surface area contributed by atoms with Crippen molar-refractivity contribution < 1.29 is 13.5 Å². The molecule has 94 valence electrons. The lowest BCUT2D eigenvalue weighted by Crippen LogP contribution is -2.28. The van der Waals surface area contributed by atoms with Gasteiger partial charge >= 0.3 is 0 Å². The van der Waals surface area contributed by atoms with E-state index in [0.29, 0.717) is 18.8 Å². The molecule has 1 unspecified atom stereocenters. The van der Waals surface area contributed by atoms with Crippen LogP contribution in [0.4, 0.5) is 8.78 Å². The van der Waals surface area contributed by atoms with E-state index in [1.54, 1.807) is 6.92 Å². The summed E-state index contributed by atoms with van der Waals surface area (Å²) in [6, 6.07) is 1.99. The fourth-order valence-corrected chi connectivity index (χ4v) is 2.25. The summed E-state index contributed by atoms with van der Waals surface area (Å²) in [6.45, 7) is 2.84. The third-order valence-corrected chi connectivity index (χ3v) is 3.41. The predicted molar refractivity (Wildman–Crippen MR) is 61.6 cm³/mol.